The predicted octanol–water partition coefficient (Wildman–Crippen LogP) is 7.22. The molecular weight excluding hydrogens is 532 g/mol. The van der Waals surface area contributed by atoms with Crippen LogP contribution in [0.5, 0.6) is 11.5 Å². The molecule has 1 N–H and O–H groups in total. The van der Waals surface area contributed by atoms with Gasteiger partial charge in [0.25, 0.3) is 5.79 Å². The topological polar surface area (TPSA) is 86.3 Å². The van der Waals surface area contributed by atoms with E-state index >= 15 is 0 Å². The van der Waals surface area contributed by atoms with Gasteiger partial charge in [-0.3, -0.25) is 0 Å². The Bertz CT molecular complexity index is 1210. The Labute approximate surface area is 251 Å². The highest BCUT2D eigenvalue weighted by atomic mass is 16.7. The molecule has 2 aromatic rings. The molecule has 0 bridgehead atoms. The van der Waals surface area contributed by atoms with E-state index in [1.807, 2.05) is 0 Å². The predicted molar refractivity (Wildman–Crippen MR) is 165 cm³/mol. The number of carbonyl (C=O) groups excluding carboxylic acids is 2. The first-order valence-electron chi connectivity index (χ1n) is 15.0. The number of hydrogen-bond donors (Lipinski definition) is 1. The third kappa shape index (κ3) is 8.91. The van der Waals surface area contributed by atoms with Gasteiger partial charge < -0.3 is 29.2 Å². The molecule has 3 rings (SSSR count). The lowest BCUT2D eigenvalue weighted by molar-refractivity contribution is -0.222. The van der Waals surface area contributed by atoms with Crippen molar-refractivity contribution in [3.05, 3.63) is 65.0 Å². The second kappa shape index (κ2) is 15.0. The summed E-state index contributed by atoms with van der Waals surface area (Å²) in [6.07, 6.45) is 6.22. The SMILES string of the molecule is CCCCCC(C)N(Cc1ccc(CCC(C)C)cc1)C(Nc1ccc(OC)cc1OC)=C1C(=O)OC(C)(C)OC1=O. The number of hydrogen-bond acceptors (Lipinski definition) is 8. The fourth-order valence-electron chi connectivity index (χ4n) is 4.92. The van der Waals surface area contributed by atoms with E-state index < -0.39 is 17.7 Å². The van der Waals surface area contributed by atoms with Gasteiger partial charge in [-0.15, -0.1) is 0 Å². The van der Waals surface area contributed by atoms with Gasteiger partial charge in [0, 0.05) is 32.5 Å². The molecule has 1 unspecified atom stereocenters. The molecule has 0 amide bonds. The summed E-state index contributed by atoms with van der Waals surface area (Å²) in [7, 11) is 3.14. The molecule has 1 saturated heterocycles. The van der Waals surface area contributed by atoms with Crippen molar-refractivity contribution >= 4 is 17.6 Å². The van der Waals surface area contributed by atoms with Crippen molar-refractivity contribution in [3.8, 4) is 11.5 Å². The fourth-order valence-corrected chi connectivity index (χ4v) is 4.92. The number of ether oxygens (including phenoxy) is 4. The van der Waals surface area contributed by atoms with Crippen LogP contribution < -0.4 is 14.8 Å². The summed E-state index contributed by atoms with van der Waals surface area (Å²) in [5, 5.41) is 3.37. The molecule has 0 aliphatic carbocycles. The zero-order valence-electron chi connectivity index (χ0n) is 26.5. The number of unbranched alkanes of at least 4 members (excludes halogenated alkanes) is 2. The second-order valence-corrected chi connectivity index (χ2v) is 11.8. The van der Waals surface area contributed by atoms with E-state index in [1.165, 1.54) is 5.56 Å². The van der Waals surface area contributed by atoms with Gasteiger partial charge >= 0.3 is 11.9 Å². The molecule has 1 atom stereocenters. The minimum absolute atomic E-state index is 0.0213. The maximum atomic E-state index is 13.4. The Balaban J connectivity index is 2.11. The van der Waals surface area contributed by atoms with Crippen LogP contribution in [-0.4, -0.2) is 42.9 Å². The molecule has 230 valence electrons. The number of anilines is 1. The number of cyclic esters (lactones) is 2. The molecule has 42 heavy (non-hydrogen) atoms. The lowest BCUT2D eigenvalue weighted by Gasteiger charge is -2.37. The molecule has 8 nitrogen and oxygen atoms in total. The van der Waals surface area contributed by atoms with E-state index in [0.717, 1.165) is 44.1 Å². The minimum atomic E-state index is -1.36. The van der Waals surface area contributed by atoms with Crippen LogP contribution in [0.25, 0.3) is 0 Å². The van der Waals surface area contributed by atoms with Crippen molar-refractivity contribution in [1.29, 1.82) is 0 Å². The Morgan fingerprint density at radius 1 is 0.905 bits per heavy atom. The van der Waals surface area contributed by atoms with Crippen molar-refractivity contribution in [3.63, 3.8) is 0 Å². The average Bonchev–Trinajstić information content (AvgIpc) is 2.94. The van der Waals surface area contributed by atoms with Crippen LogP contribution in [0.3, 0.4) is 0 Å². The number of methoxy groups -OCH3 is 2. The molecule has 1 fully saturated rings. The lowest BCUT2D eigenvalue weighted by Crippen LogP contribution is -2.45. The van der Waals surface area contributed by atoms with Crippen molar-refractivity contribution in [1.82, 2.24) is 4.90 Å². The van der Waals surface area contributed by atoms with Crippen LogP contribution in [0.15, 0.2) is 53.9 Å². The van der Waals surface area contributed by atoms with Gasteiger partial charge in [-0.2, -0.15) is 0 Å². The summed E-state index contributed by atoms with van der Waals surface area (Å²) in [5.74, 6) is -0.756. The van der Waals surface area contributed by atoms with Crippen molar-refractivity contribution in [2.75, 3.05) is 19.5 Å². The van der Waals surface area contributed by atoms with Crippen molar-refractivity contribution in [2.24, 2.45) is 5.92 Å². The molecule has 1 aliphatic heterocycles. The van der Waals surface area contributed by atoms with E-state index in [0.29, 0.717) is 35.5 Å². The van der Waals surface area contributed by atoms with Crippen LogP contribution in [0, 0.1) is 5.92 Å². The van der Waals surface area contributed by atoms with E-state index in [9.17, 15) is 9.59 Å². The standard InChI is InChI=1S/C34H48N2O6/c1-9-10-11-12-24(4)36(22-26-17-15-25(16-18-26)14-13-23(2)3)31(30-32(37)41-34(5,6)42-33(30)38)35-28-20-19-27(39-7)21-29(28)40-8/h15-21,23-24,35H,9-14,22H2,1-8H3. The normalized spacial score (nSPS) is 15.1. The quantitative estimate of drug-likeness (QED) is 0.102. The third-order valence-corrected chi connectivity index (χ3v) is 7.41. The number of aryl methyl sites for hydroxylation is 1. The van der Waals surface area contributed by atoms with Gasteiger partial charge in [0.05, 0.1) is 19.9 Å². The molecule has 0 spiro atoms. The van der Waals surface area contributed by atoms with Crippen molar-refractivity contribution < 1.29 is 28.5 Å². The maximum Gasteiger partial charge on any atom is 0.352 e. The highest BCUT2D eigenvalue weighted by Crippen LogP contribution is 2.34. The fraction of sp³-hybridized carbons (Fsp3) is 0.529. The number of rotatable bonds is 15. The summed E-state index contributed by atoms with van der Waals surface area (Å²) >= 11 is 0. The van der Waals surface area contributed by atoms with Crippen LogP contribution in [0.1, 0.15) is 84.8 Å². The molecule has 0 radical (unpaired) electrons. The lowest BCUT2D eigenvalue weighted by atomic mass is 10.0. The maximum absolute atomic E-state index is 13.4. The van der Waals surface area contributed by atoms with E-state index in [1.54, 1.807) is 46.3 Å². The summed E-state index contributed by atoms with van der Waals surface area (Å²) in [6.45, 7) is 12.3. The van der Waals surface area contributed by atoms with Gasteiger partial charge in [-0.1, -0.05) is 64.3 Å². The Morgan fingerprint density at radius 2 is 1.55 bits per heavy atom. The first-order chi connectivity index (χ1) is 20.0. The van der Waals surface area contributed by atoms with Gasteiger partial charge in [-0.05, 0) is 55.4 Å². The molecule has 1 heterocycles. The van der Waals surface area contributed by atoms with E-state index in [-0.39, 0.29) is 11.6 Å². The van der Waals surface area contributed by atoms with Gasteiger partial charge in [0.15, 0.2) is 5.57 Å². The number of nitrogens with one attached hydrogen (secondary N) is 1. The van der Waals surface area contributed by atoms with Gasteiger partial charge in [-0.25, -0.2) is 9.59 Å². The Hall–Kier alpha value is -3.68. The molecule has 0 aromatic heterocycles. The van der Waals surface area contributed by atoms with E-state index in [2.05, 4.69) is 62.2 Å². The minimum Gasteiger partial charge on any atom is -0.497 e. The number of carbonyl (C=O) groups is 2. The average molecular weight is 581 g/mol. The molecule has 1 aliphatic rings. The van der Waals surface area contributed by atoms with Crippen molar-refractivity contribution in [2.45, 2.75) is 98.4 Å². The molecular formula is C34H48N2O6. The van der Waals surface area contributed by atoms with Crippen LogP contribution in [0.4, 0.5) is 5.69 Å². The second-order valence-electron chi connectivity index (χ2n) is 11.8. The zero-order valence-corrected chi connectivity index (χ0v) is 26.5. The number of esters is 2. The first-order valence-corrected chi connectivity index (χ1v) is 15.0. The third-order valence-electron chi connectivity index (χ3n) is 7.41. The van der Waals surface area contributed by atoms with Crippen LogP contribution in [0.2, 0.25) is 0 Å². The highest BCUT2D eigenvalue weighted by molar-refractivity contribution is 6.16. The highest BCUT2D eigenvalue weighted by Gasteiger charge is 2.42. The number of benzene rings is 2. The van der Waals surface area contributed by atoms with Gasteiger partial charge in [0.2, 0.25) is 0 Å². The van der Waals surface area contributed by atoms with Crippen LogP contribution >= 0.6 is 0 Å². The Kier molecular flexibility index (Phi) is 11.7. The zero-order chi connectivity index (χ0) is 30.9. The van der Waals surface area contributed by atoms with Gasteiger partial charge in [0.1, 0.15) is 17.3 Å². The summed E-state index contributed by atoms with van der Waals surface area (Å²) in [6, 6.07) is 13.9. The first kappa shape index (κ1) is 32.8. The van der Waals surface area contributed by atoms with E-state index in [4.69, 9.17) is 18.9 Å². The molecule has 2 aromatic carbocycles. The molecule has 8 heteroatoms. The Morgan fingerprint density at radius 3 is 2.12 bits per heavy atom. The smallest absolute Gasteiger partial charge is 0.352 e. The monoisotopic (exact) mass is 580 g/mol. The summed E-state index contributed by atoms with van der Waals surface area (Å²) < 4.78 is 22.1. The molecule has 0 saturated carbocycles. The number of nitrogens with zero attached hydrogens (tertiary/aromatic N) is 1. The van der Waals surface area contributed by atoms with Crippen LogP contribution in [-0.2, 0) is 32.0 Å². The summed E-state index contributed by atoms with van der Waals surface area (Å²) in [5.41, 5.74) is 2.74. The largest absolute Gasteiger partial charge is 0.497 e. The summed E-state index contributed by atoms with van der Waals surface area (Å²) in [4.78, 5) is 28.9.